The fourth-order valence-corrected chi connectivity index (χ4v) is 1.84. The molecule has 0 radical (unpaired) electrons. The highest BCUT2D eigenvalue weighted by atomic mass is 79.9. The minimum absolute atomic E-state index is 0.0665. The van der Waals surface area contributed by atoms with Crippen molar-refractivity contribution in [1.29, 1.82) is 0 Å². The van der Waals surface area contributed by atoms with E-state index in [9.17, 15) is 4.79 Å². The van der Waals surface area contributed by atoms with E-state index in [4.69, 9.17) is 16.0 Å². The molecule has 0 atom stereocenters. The normalized spacial score (nSPS) is 10.7. The van der Waals surface area contributed by atoms with Crippen LogP contribution < -0.4 is 5.43 Å². The monoisotopic (exact) mass is 272 g/mol. The van der Waals surface area contributed by atoms with E-state index in [2.05, 4.69) is 15.9 Å². The number of fused-ring (bicyclic) bond motifs is 1. The second-order valence-corrected chi connectivity index (χ2v) is 3.95. The fraction of sp³-hybridized carbons (Fsp3) is 0.100. The molecular formula is C10H6BrClO2. The van der Waals surface area contributed by atoms with Crippen LogP contribution in [0.25, 0.3) is 11.0 Å². The van der Waals surface area contributed by atoms with E-state index in [0.717, 1.165) is 4.47 Å². The molecule has 1 aromatic carbocycles. The zero-order valence-corrected chi connectivity index (χ0v) is 9.43. The summed E-state index contributed by atoms with van der Waals surface area (Å²) in [4.78, 5) is 11.6. The van der Waals surface area contributed by atoms with Gasteiger partial charge in [0.1, 0.15) is 5.76 Å². The van der Waals surface area contributed by atoms with Crippen molar-refractivity contribution < 1.29 is 4.42 Å². The lowest BCUT2D eigenvalue weighted by molar-refractivity contribution is 0.557. The van der Waals surface area contributed by atoms with Gasteiger partial charge in [0.25, 0.3) is 0 Å². The van der Waals surface area contributed by atoms with Crippen LogP contribution in [0.15, 0.2) is 37.9 Å². The number of hydrogen-bond acceptors (Lipinski definition) is 2. The predicted molar refractivity (Wildman–Crippen MR) is 59.7 cm³/mol. The van der Waals surface area contributed by atoms with Gasteiger partial charge in [0.2, 0.25) is 0 Å². The Balaban J connectivity index is 2.91. The van der Waals surface area contributed by atoms with Gasteiger partial charge in [-0.1, -0.05) is 6.07 Å². The second-order valence-electron chi connectivity index (χ2n) is 2.83. The van der Waals surface area contributed by atoms with Gasteiger partial charge in [0, 0.05) is 6.07 Å². The van der Waals surface area contributed by atoms with Crippen LogP contribution in [-0.4, -0.2) is 0 Å². The summed E-state index contributed by atoms with van der Waals surface area (Å²) in [5.41, 5.74) is 0.485. The molecule has 0 amide bonds. The first kappa shape index (κ1) is 9.74. The lowest BCUT2D eigenvalue weighted by Gasteiger charge is -2.00. The molecule has 0 fully saturated rings. The topological polar surface area (TPSA) is 30.2 Å². The lowest BCUT2D eigenvalue weighted by Crippen LogP contribution is -2.01. The average Bonchev–Trinajstić information content (AvgIpc) is 2.19. The van der Waals surface area contributed by atoms with Crippen molar-refractivity contribution in [2.45, 2.75) is 5.88 Å². The molecule has 2 rings (SSSR count). The van der Waals surface area contributed by atoms with E-state index in [1.807, 2.05) is 6.07 Å². The number of rotatable bonds is 1. The first-order valence-electron chi connectivity index (χ1n) is 3.99. The van der Waals surface area contributed by atoms with E-state index in [-0.39, 0.29) is 11.3 Å². The van der Waals surface area contributed by atoms with Gasteiger partial charge in [0.05, 0.1) is 15.7 Å². The van der Waals surface area contributed by atoms with Crippen LogP contribution in [0.2, 0.25) is 0 Å². The zero-order valence-electron chi connectivity index (χ0n) is 7.09. The third kappa shape index (κ3) is 1.57. The minimum atomic E-state index is -0.0665. The Morgan fingerprint density at radius 2 is 2.21 bits per heavy atom. The third-order valence-electron chi connectivity index (χ3n) is 1.89. The van der Waals surface area contributed by atoms with Crippen LogP contribution in [0, 0.1) is 0 Å². The summed E-state index contributed by atoms with van der Waals surface area (Å²) in [6.45, 7) is 0. The number of alkyl halides is 1. The fourth-order valence-electron chi connectivity index (χ4n) is 1.26. The summed E-state index contributed by atoms with van der Waals surface area (Å²) >= 11 is 8.92. The van der Waals surface area contributed by atoms with Crippen LogP contribution >= 0.6 is 27.5 Å². The standard InChI is InChI=1S/C10H6BrClO2/c11-8-3-1-2-7-9(13)4-6(5-12)14-10(7)8/h1-4H,5H2. The smallest absolute Gasteiger partial charge is 0.193 e. The van der Waals surface area contributed by atoms with Gasteiger partial charge < -0.3 is 4.42 Å². The molecule has 0 saturated heterocycles. The molecule has 2 nitrogen and oxygen atoms in total. The number of benzene rings is 1. The molecule has 0 N–H and O–H groups in total. The minimum Gasteiger partial charge on any atom is -0.458 e. The number of halogens is 2. The maximum atomic E-state index is 11.6. The maximum absolute atomic E-state index is 11.6. The molecule has 0 unspecified atom stereocenters. The van der Waals surface area contributed by atoms with Crippen LogP contribution in [0.5, 0.6) is 0 Å². The van der Waals surface area contributed by atoms with Gasteiger partial charge in [0.15, 0.2) is 11.0 Å². The summed E-state index contributed by atoms with van der Waals surface area (Å²) in [5.74, 6) is 0.683. The van der Waals surface area contributed by atoms with Gasteiger partial charge in [-0.2, -0.15) is 0 Å². The summed E-state index contributed by atoms with van der Waals surface area (Å²) in [6.07, 6.45) is 0. The van der Waals surface area contributed by atoms with E-state index >= 15 is 0 Å². The Morgan fingerprint density at radius 3 is 2.93 bits per heavy atom. The molecule has 1 heterocycles. The molecule has 0 saturated carbocycles. The van der Waals surface area contributed by atoms with Gasteiger partial charge in [-0.15, -0.1) is 11.6 Å². The van der Waals surface area contributed by atoms with E-state index in [1.54, 1.807) is 12.1 Å². The van der Waals surface area contributed by atoms with E-state index in [1.165, 1.54) is 6.07 Å². The third-order valence-corrected chi connectivity index (χ3v) is 2.78. The molecule has 0 bridgehead atoms. The molecule has 4 heteroatoms. The van der Waals surface area contributed by atoms with E-state index < -0.39 is 0 Å². The first-order chi connectivity index (χ1) is 6.72. The molecule has 14 heavy (non-hydrogen) atoms. The Morgan fingerprint density at radius 1 is 1.43 bits per heavy atom. The largest absolute Gasteiger partial charge is 0.458 e. The van der Waals surface area contributed by atoms with E-state index in [0.29, 0.717) is 16.7 Å². The zero-order chi connectivity index (χ0) is 10.1. The predicted octanol–water partition coefficient (Wildman–Crippen LogP) is 3.29. The van der Waals surface area contributed by atoms with Crippen LogP contribution in [-0.2, 0) is 5.88 Å². The molecule has 0 spiro atoms. The van der Waals surface area contributed by atoms with Crippen molar-refractivity contribution in [3.63, 3.8) is 0 Å². The SMILES string of the molecule is O=c1cc(CCl)oc2c(Br)cccc12. The van der Waals surface area contributed by atoms with Gasteiger partial charge in [-0.05, 0) is 28.1 Å². The first-order valence-corrected chi connectivity index (χ1v) is 5.32. The highest BCUT2D eigenvalue weighted by Crippen LogP contribution is 2.22. The Hall–Kier alpha value is -0.800. The molecule has 2 aromatic rings. The van der Waals surface area contributed by atoms with Crippen LogP contribution in [0.4, 0.5) is 0 Å². The lowest BCUT2D eigenvalue weighted by atomic mass is 10.2. The molecule has 72 valence electrons. The van der Waals surface area contributed by atoms with Crippen LogP contribution in [0.1, 0.15) is 5.76 Å². The molecule has 1 aromatic heterocycles. The van der Waals surface area contributed by atoms with Gasteiger partial charge in [-0.3, -0.25) is 4.79 Å². The van der Waals surface area contributed by atoms with Crippen molar-refractivity contribution in [1.82, 2.24) is 0 Å². The highest BCUT2D eigenvalue weighted by Gasteiger charge is 2.06. The van der Waals surface area contributed by atoms with Crippen molar-refractivity contribution in [2.24, 2.45) is 0 Å². The second kappa shape index (κ2) is 3.75. The Labute approximate surface area is 93.6 Å². The summed E-state index contributed by atoms with van der Waals surface area (Å²) in [7, 11) is 0. The average molecular weight is 274 g/mol. The summed E-state index contributed by atoms with van der Waals surface area (Å²) in [5, 5.41) is 0.563. The summed E-state index contributed by atoms with van der Waals surface area (Å²) in [6, 6.07) is 6.76. The van der Waals surface area contributed by atoms with Crippen molar-refractivity contribution in [3.8, 4) is 0 Å². The molecular weight excluding hydrogens is 267 g/mol. The molecule has 0 aliphatic carbocycles. The van der Waals surface area contributed by atoms with Gasteiger partial charge in [-0.25, -0.2) is 0 Å². The summed E-state index contributed by atoms with van der Waals surface area (Å²) < 4.78 is 6.21. The quantitative estimate of drug-likeness (QED) is 0.746. The van der Waals surface area contributed by atoms with Crippen molar-refractivity contribution in [2.75, 3.05) is 0 Å². The molecule has 0 aliphatic heterocycles. The van der Waals surface area contributed by atoms with Crippen molar-refractivity contribution >= 4 is 38.5 Å². The van der Waals surface area contributed by atoms with Gasteiger partial charge >= 0.3 is 0 Å². The van der Waals surface area contributed by atoms with Crippen LogP contribution in [0.3, 0.4) is 0 Å². The Kier molecular flexibility index (Phi) is 2.61. The number of hydrogen-bond donors (Lipinski definition) is 0. The van der Waals surface area contributed by atoms with Crippen molar-refractivity contribution in [3.05, 3.63) is 44.7 Å². The maximum Gasteiger partial charge on any atom is 0.193 e. The Bertz CT molecular complexity index is 533. The highest BCUT2D eigenvalue weighted by molar-refractivity contribution is 9.10. The number of para-hydroxylation sites is 1. The molecule has 0 aliphatic rings.